The summed E-state index contributed by atoms with van der Waals surface area (Å²) >= 11 is 0. The number of nitrogens with zero attached hydrogens (tertiary/aromatic N) is 2. The summed E-state index contributed by atoms with van der Waals surface area (Å²) in [5.41, 5.74) is 1.38. The van der Waals surface area contributed by atoms with Crippen LogP contribution in [0.1, 0.15) is 30.6 Å². The van der Waals surface area contributed by atoms with Crippen LogP contribution in [0.15, 0.2) is 18.2 Å². The lowest BCUT2D eigenvalue weighted by atomic mass is 10.1. The van der Waals surface area contributed by atoms with E-state index >= 15 is 0 Å². The number of anilines is 1. The molecular formula is C15H22N2O2. The Morgan fingerprint density at radius 1 is 1.37 bits per heavy atom. The van der Waals surface area contributed by atoms with Crippen LogP contribution in [0.3, 0.4) is 0 Å². The Bertz CT molecular complexity index is 473. The second-order valence-electron chi connectivity index (χ2n) is 5.42. The molecule has 1 heterocycles. The molecule has 0 saturated carbocycles. The molecule has 1 aromatic rings. The van der Waals surface area contributed by atoms with Gasteiger partial charge in [0, 0.05) is 30.9 Å². The molecule has 1 aliphatic rings. The zero-order valence-electron chi connectivity index (χ0n) is 11.9. The predicted molar refractivity (Wildman–Crippen MR) is 77.0 cm³/mol. The van der Waals surface area contributed by atoms with E-state index in [0.717, 1.165) is 31.7 Å². The molecule has 1 unspecified atom stereocenters. The second kappa shape index (κ2) is 5.61. The van der Waals surface area contributed by atoms with Gasteiger partial charge < -0.3 is 14.9 Å². The molecule has 2 rings (SSSR count). The minimum absolute atomic E-state index is 0.0785. The minimum Gasteiger partial charge on any atom is -0.507 e. The summed E-state index contributed by atoms with van der Waals surface area (Å²) in [6.45, 7) is 6.74. The Kier molecular flexibility index (Phi) is 4.10. The first kappa shape index (κ1) is 13.9. The molecular weight excluding hydrogens is 240 g/mol. The van der Waals surface area contributed by atoms with Crippen LogP contribution >= 0.6 is 0 Å². The predicted octanol–water partition coefficient (Wildman–Crippen LogP) is 2.13. The van der Waals surface area contributed by atoms with Crippen LogP contribution in [0.2, 0.25) is 0 Å². The summed E-state index contributed by atoms with van der Waals surface area (Å²) < 4.78 is 0. The Balaban J connectivity index is 2.25. The molecule has 4 nitrogen and oxygen atoms in total. The van der Waals surface area contributed by atoms with Crippen molar-refractivity contribution in [2.75, 3.05) is 31.6 Å². The molecule has 1 atom stereocenters. The molecule has 1 N–H and O–H groups in total. The van der Waals surface area contributed by atoms with E-state index in [-0.39, 0.29) is 11.5 Å². The molecule has 0 bridgehead atoms. The normalized spacial score (nSPS) is 21.2. The van der Waals surface area contributed by atoms with Crippen LogP contribution in [-0.4, -0.2) is 48.5 Å². The quantitative estimate of drug-likeness (QED) is 0.829. The van der Waals surface area contributed by atoms with E-state index in [2.05, 4.69) is 23.8 Å². The maximum Gasteiger partial charge on any atom is 0.163 e. The van der Waals surface area contributed by atoms with Gasteiger partial charge in [-0.05, 0) is 46.0 Å². The molecule has 0 radical (unpaired) electrons. The Morgan fingerprint density at radius 3 is 2.74 bits per heavy atom. The maximum absolute atomic E-state index is 11.3. The maximum atomic E-state index is 11.3. The van der Waals surface area contributed by atoms with Crippen LogP contribution in [0.4, 0.5) is 5.69 Å². The van der Waals surface area contributed by atoms with Gasteiger partial charge in [-0.15, -0.1) is 0 Å². The average Bonchev–Trinajstić information content (AvgIpc) is 2.49. The molecule has 1 saturated heterocycles. The van der Waals surface area contributed by atoms with E-state index in [4.69, 9.17) is 0 Å². The second-order valence-corrected chi connectivity index (χ2v) is 5.42. The highest BCUT2D eigenvalue weighted by atomic mass is 16.3. The number of Topliss-reactive ketones (excluding diaryl/α,β-unsaturated/α-hetero) is 1. The zero-order chi connectivity index (χ0) is 14.0. The van der Waals surface area contributed by atoms with Crippen LogP contribution in [0, 0.1) is 0 Å². The zero-order valence-corrected chi connectivity index (χ0v) is 11.9. The van der Waals surface area contributed by atoms with Crippen molar-refractivity contribution in [3.63, 3.8) is 0 Å². The number of phenolic OH excluding ortho intramolecular Hbond substituents is 1. The molecule has 4 heteroatoms. The minimum atomic E-state index is -0.104. The van der Waals surface area contributed by atoms with Crippen molar-refractivity contribution >= 4 is 11.5 Å². The fourth-order valence-electron chi connectivity index (χ4n) is 2.75. The third kappa shape index (κ3) is 3.07. The average molecular weight is 262 g/mol. The standard InChI is InChI=1S/C15H22N2O2/c1-11-10-16(3)7-4-8-17(11)13-5-6-14(12(2)18)15(19)9-13/h5-6,9,11,19H,4,7-8,10H2,1-3H3. The van der Waals surface area contributed by atoms with Crippen LogP contribution < -0.4 is 4.90 Å². The topological polar surface area (TPSA) is 43.8 Å². The van der Waals surface area contributed by atoms with E-state index in [1.54, 1.807) is 12.1 Å². The van der Waals surface area contributed by atoms with Gasteiger partial charge in [0.1, 0.15) is 5.75 Å². The van der Waals surface area contributed by atoms with Crippen molar-refractivity contribution in [3.8, 4) is 5.75 Å². The first-order valence-electron chi connectivity index (χ1n) is 6.78. The summed E-state index contributed by atoms with van der Waals surface area (Å²) in [5, 5.41) is 9.94. The fraction of sp³-hybridized carbons (Fsp3) is 0.533. The van der Waals surface area contributed by atoms with E-state index in [0.29, 0.717) is 11.6 Å². The van der Waals surface area contributed by atoms with Gasteiger partial charge in [0.25, 0.3) is 0 Å². The molecule has 1 fully saturated rings. The Labute approximate surface area is 114 Å². The number of phenols is 1. The Hall–Kier alpha value is -1.55. The summed E-state index contributed by atoms with van der Waals surface area (Å²) in [7, 11) is 2.14. The molecule has 0 aromatic heterocycles. The number of likely N-dealkylation sites (N-methyl/N-ethyl adjacent to an activating group) is 1. The van der Waals surface area contributed by atoms with Crippen molar-refractivity contribution in [2.45, 2.75) is 26.3 Å². The third-order valence-electron chi connectivity index (χ3n) is 3.74. The Morgan fingerprint density at radius 2 is 2.11 bits per heavy atom. The SMILES string of the molecule is CC(=O)c1ccc(N2CCCN(C)CC2C)cc1O. The van der Waals surface area contributed by atoms with E-state index in [1.165, 1.54) is 6.92 Å². The van der Waals surface area contributed by atoms with Gasteiger partial charge in [0.2, 0.25) is 0 Å². The monoisotopic (exact) mass is 262 g/mol. The van der Waals surface area contributed by atoms with Gasteiger partial charge >= 0.3 is 0 Å². The van der Waals surface area contributed by atoms with Gasteiger partial charge in [0.15, 0.2) is 5.78 Å². The highest BCUT2D eigenvalue weighted by molar-refractivity contribution is 5.97. The van der Waals surface area contributed by atoms with Gasteiger partial charge in [0.05, 0.1) is 5.56 Å². The fourth-order valence-corrected chi connectivity index (χ4v) is 2.75. The van der Waals surface area contributed by atoms with E-state index < -0.39 is 0 Å². The van der Waals surface area contributed by atoms with Gasteiger partial charge in [-0.2, -0.15) is 0 Å². The van der Waals surface area contributed by atoms with Gasteiger partial charge in [-0.1, -0.05) is 0 Å². The van der Waals surface area contributed by atoms with Crippen molar-refractivity contribution in [3.05, 3.63) is 23.8 Å². The summed E-state index contributed by atoms with van der Waals surface area (Å²) in [6, 6.07) is 5.75. The van der Waals surface area contributed by atoms with Crippen molar-refractivity contribution < 1.29 is 9.90 Å². The van der Waals surface area contributed by atoms with Crippen LogP contribution in [0.5, 0.6) is 5.75 Å². The first-order valence-corrected chi connectivity index (χ1v) is 6.78. The van der Waals surface area contributed by atoms with Crippen molar-refractivity contribution in [1.29, 1.82) is 0 Å². The number of hydrogen-bond acceptors (Lipinski definition) is 4. The van der Waals surface area contributed by atoms with Gasteiger partial charge in [-0.3, -0.25) is 4.79 Å². The number of carbonyl (C=O) groups excluding carboxylic acids is 1. The summed E-state index contributed by atoms with van der Waals surface area (Å²) in [6.07, 6.45) is 1.11. The van der Waals surface area contributed by atoms with Crippen molar-refractivity contribution in [2.24, 2.45) is 0 Å². The number of hydrogen-bond donors (Lipinski definition) is 1. The summed E-state index contributed by atoms with van der Waals surface area (Å²) in [4.78, 5) is 16.0. The van der Waals surface area contributed by atoms with Crippen LogP contribution in [-0.2, 0) is 0 Å². The highest BCUT2D eigenvalue weighted by Crippen LogP contribution is 2.27. The lowest BCUT2D eigenvalue weighted by Crippen LogP contribution is -2.37. The van der Waals surface area contributed by atoms with E-state index in [9.17, 15) is 9.90 Å². The molecule has 0 aliphatic carbocycles. The number of rotatable bonds is 2. The largest absolute Gasteiger partial charge is 0.507 e. The number of carbonyl (C=O) groups is 1. The summed E-state index contributed by atoms with van der Waals surface area (Å²) in [5.74, 6) is -0.0255. The van der Waals surface area contributed by atoms with Crippen molar-refractivity contribution in [1.82, 2.24) is 4.90 Å². The number of aromatic hydroxyl groups is 1. The number of ketones is 1. The lowest BCUT2D eigenvalue weighted by Gasteiger charge is -2.30. The van der Waals surface area contributed by atoms with E-state index in [1.807, 2.05) is 6.07 Å². The van der Waals surface area contributed by atoms with Gasteiger partial charge in [-0.25, -0.2) is 0 Å². The van der Waals surface area contributed by atoms with Crippen LogP contribution in [0.25, 0.3) is 0 Å². The highest BCUT2D eigenvalue weighted by Gasteiger charge is 2.20. The molecule has 104 valence electrons. The molecule has 0 spiro atoms. The number of benzene rings is 1. The first-order chi connectivity index (χ1) is 8.99. The third-order valence-corrected chi connectivity index (χ3v) is 3.74. The molecule has 1 aromatic carbocycles. The smallest absolute Gasteiger partial charge is 0.163 e. The lowest BCUT2D eigenvalue weighted by molar-refractivity contribution is 0.101. The molecule has 1 aliphatic heterocycles. The molecule has 19 heavy (non-hydrogen) atoms. The molecule has 0 amide bonds.